The Morgan fingerprint density at radius 2 is 2.00 bits per heavy atom. The van der Waals surface area contributed by atoms with Gasteiger partial charge in [0.15, 0.2) is 5.76 Å². The van der Waals surface area contributed by atoms with Crippen LogP contribution >= 0.6 is 23.1 Å². The molecule has 3 aromatic rings. The van der Waals surface area contributed by atoms with Crippen molar-refractivity contribution in [1.29, 1.82) is 0 Å². The Bertz CT molecular complexity index is 1050. The van der Waals surface area contributed by atoms with Gasteiger partial charge in [0, 0.05) is 39.9 Å². The lowest BCUT2D eigenvalue weighted by Crippen LogP contribution is -2.47. The number of furan rings is 1. The van der Waals surface area contributed by atoms with Gasteiger partial charge in [0.05, 0.1) is 6.54 Å². The number of fused-ring (bicyclic) bond motifs is 1. The standard InChI is InChI=1S/C22H27N3O3S2/c1-6-25(11-18(26)24-22(3,4)5)20(27)19-16(13-30-21-23-14(2)12-29-21)15-9-7-8-10-17(15)28-19/h7-10,12H,6,11,13H2,1-5H3,(H,24,26). The number of hydrogen-bond acceptors (Lipinski definition) is 6. The maximum Gasteiger partial charge on any atom is 0.290 e. The Hall–Kier alpha value is -2.32. The van der Waals surface area contributed by atoms with Crippen LogP contribution in [0.5, 0.6) is 0 Å². The number of para-hydroxylation sites is 1. The third-order valence-corrected chi connectivity index (χ3v) is 6.51. The lowest BCUT2D eigenvalue weighted by molar-refractivity contribution is -0.123. The third kappa shape index (κ3) is 5.43. The molecule has 1 aromatic carbocycles. The highest BCUT2D eigenvalue weighted by Crippen LogP contribution is 2.33. The molecule has 1 N–H and O–H groups in total. The Labute approximate surface area is 185 Å². The molecule has 2 amide bonds. The molecule has 0 saturated carbocycles. The number of carbonyl (C=O) groups is 2. The summed E-state index contributed by atoms with van der Waals surface area (Å²) in [6.45, 7) is 9.96. The summed E-state index contributed by atoms with van der Waals surface area (Å²) in [7, 11) is 0. The van der Waals surface area contributed by atoms with Crippen molar-refractivity contribution in [3.05, 3.63) is 46.7 Å². The van der Waals surface area contributed by atoms with Gasteiger partial charge in [-0.05, 0) is 40.7 Å². The predicted molar refractivity (Wildman–Crippen MR) is 122 cm³/mol. The maximum atomic E-state index is 13.3. The molecule has 0 bridgehead atoms. The Morgan fingerprint density at radius 3 is 2.63 bits per heavy atom. The molecule has 0 aliphatic rings. The number of nitrogens with zero attached hydrogens (tertiary/aromatic N) is 2. The van der Waals surface area contributed by atoms with Gasteiger partial charge in [-0.15, -0.1) is 11.3 Å². The van der Waals surface area contributed by atoms with Crippen LogP contribution in [0.3, 0.4) is 0 Å². The maximum absolute atomic E-state index is 13.3. The molecule has 0 unspecified atom stereocenters. The number of amides is 2. The Morgan fingerprint density at radius 1 is 1.27 bits per heavy atom. The quantitative estimate of drug-likeness (QED) is 0.525. The molecular weight excluding hydrogens is 418 g/mol. The first kappa shape index (κ1) is 22.4. The normalized spacial score (nSPS) is 11.6. The van der Waals surface area contributed by atoms with Crippen molar-refractivity contribution in [2.75, 3.05) is 13.1 Å². The third-order valence-electron chi connectivity index (χ3n) is 4.35. The number of aromatic nitrogens is 1. The van der Waals surface area contributed by atoms with Gasteiger partial charge in [-0.1, -0.05) is 30.0 Å². The second-order valence-corrected chi connectivity index (χ2v) is 10.1. The van der Waals surface area contributed by atoms with Gasteiger partial charge in [-0.25, -0.2) is 4.98 Å². The summed E-state index contributed by atoms with van der Waals surface area (Å²) in [5.41, 5.74) is 2.13. The van der Waals surface area contributed by atoms with Crippen LogP contribution in [-0.4, -0.2) is 40.3 Å². The molecule has 0 fully saturated rings. The van der Waals surface area contributed by atoms with Crippen molar-refractivity contribution in [2.24, 2.45) is 0 Å². The first-order valence-electron chi connectivity index (χ1n) is 9.83. The summed E-state index contributed by atoms with van der Waals surface area (Å²) < 4.78 is 6.92. The highest BCUT2D eigenvalue weighted by atomic mass is 32.2. The number of rotatable bonds is 7. The van der Waals surface area contributed by atoms with Gasteiger partial charge in [0.25, 0.3) is 5.91 Å². The molecule has 3 rings (SSSR count). The summed E-state index contributed by atoms with van der Waals surface area (Å²) in [4.78, 5) is 31.7. The fourth-order valence-corrected chi connectivity index (χ4v) is 4.93. The SMILES string of the molecule is CCN(CC(=O)NC(C)(C)C)C(=O)c1oc2ccccc2c1CSc1nc(C)cs1. The summed E-state index contributed by atoms with van der Waals surface area (Å²) >= 11 is 3.17. The molecule has 0 saturated heterocycles. The number of thioether (sulfide) groups is 1. The number of thiazole rings is 1. The molecule has 6 nitrogen and oxygen atoms in total. The molecule has 8 heteroatoms. The van der Waals surface area contributed by atoms with Gasteiger partial charge in [0.1, 0.15) is 9.92 Å². The average molecular weight is 446 g/mol. The van der Waals surface area contributed by atoms with Crippen molar-refractivity contribution in [3.8, 4) is 0 Å². The number of hydrogen-bond donors (Lipinski definition) is 1. The van der Waals surface area contributed by atoms with Crippen molar-refractivity contribution in [1.82, 2.24) is 15.2 Å². The number of carbonyl (C=O) groups excluding carboxylic acids is 2. The first-order chi connectivity index (χ1) is 14.2. The molecule has 2 heterocycles. The van der Waals surface area contributed by atoms with E-state index in [0.717, 1.165) is 21.0 Å². The Balaban J connectivity index is 1.87. The van der Waals surface area contributed by atoms with Gasteiger partial charge in [-0.3, -0.25) is 9.59 Å². The predicted octanol–water partition coefficient (Wildman–Crippen LogP) is 4.87. The van der Waals surface area contributed by atoms with E-state index in [2.05, 4.69) is 10.3 Å². The number of nitrogens with one attached hydrogen (secondary N) is 1. The molecular formula is C22H27N3O3S2. The lowest BCUT2D eigenvalue weighted by Gasteiger charge is -2.24. The van der Waals surface area contributed by atoms with Crippen LogP contribution in [0.1, 0.15) is 49.5 Å². The minimum absolute atomic E-state index is 0.0120. The zero-order valence-corrected chi connectivity index (χ0v) is 19.6. The average Bonchev–Trinajstić information content (AvgIpc) is 3.25. The number of benzene rings is 1. The zero-order valence-electron chi connectivity index (χ0n) is 17.9. The van der Waals surface area contributed by atoms with E-state index in [0.29, 0.717) is 23.6 Å². The van der Waals surface area contributed by atoms with Gasteiger partial charge in [-0.2, -0.15) is 0 Å². The van der Waals surface area contributed by atoms with E-state index in [-0.39, 0.29) is 23.9 Å². The van der Waals surface area contributed by atoms with E-state index in [1.807, 2.05) is 64.3 Å². The molecule has 30 heavy (non-hydrogen) atoms. The van der Waals surface area contributed by atoms with Crippen LogP contribution in [0.15, 0.2) is 38.4 Å². The van der Waals surface area contributed by atoms with Gasteiger partial charge >= 0.3 is 0 Å². The van der Waals surface area contributed by atoms with E-state index in [1.54, 1.807) is 23.1 Å². The summed E-state index contributed by atoms with van der Waals surface area (Å²) in [5.74, 6) is 0.394. The van der Waals surface area contributed by atoms with Gasteiger partial charge in [0.2, 0.25) is 5.91 Å². The van der Waals surface area contributed by atoms with Crippen molar-refractivity contribution >= 4 is 45.9 Å². The van der Waals surface area contributed by atoms with Crippen molar-refractivity contribution in [3.63, 3.8) is 0 Å². The van der Waals surface area contributed by atoms with E-state index in [1.165, 1.54) is 4.90 Å². The monoisotopic (exact) mass is 445 g/mol. The smallest absolute Gasteiger partial charge is 0.290 e. The van der Waals surface area contributed by atoms with E-state index < -0.39 is 0 Å². The fourth-order valence-electron chi connectivity index (χ4n) is 3.05. The second-order valence-electron chi connectivity index (χ2n) is 8.07. The molecule has 2 aromatic heterocycles. The van der Waals surface area contributed by atoms with Crippen LogP contribution in [0.25, 0.3) is 11.0 Å². The number of likely N-dealkylation sites (N-methyl/N-ethyl adjacent to an activating group) is 1. The fraction of sp³-hybridized carbons (Fsp3) is 0.409. The van der Waals surface area contributed by atoms with E-state index in [4.69, 9.17) is 4.42 Å². The summed E-state index contributed by atoms with van der Waals surface area (Å²) in [6.07, 6.45) is 0. The summed E-state index contributed by atoms with van der Waals surface area (Å²) in [5, 5.41) is 5.83. The highest BCUT2D eigenvalue weighted by molar-refractivity contribution is 8.00. The van der Waals surface area contributed by atoms with Crippen LogP contribution in [-0.2, 0) is 10.5 Å². The van der Waals surface area contributed by atoms with Crippen molar-refractivity contribution < 1.29 is 14.0 Å². The zero-order chi connectivity index (χ0) is 21.9. The highest BCUT2D eigenvalue weighted by Gasteiger charge is 2.27. The first-order valence-corrected chi connectivity index (χ1v) is 11.7. The largest absolute Gasteiger partial charge is 0.451 e. The van der Waals surface area contributed by atoms with E-state index >= 15 is 0 Å². The molecule has 0 spiro atoms. The van der Waals surface area contributed by atoms with Crippen LogP contribution in [0.4, 0.5) is 0 Å². The van der Waals surface area contributed by atoms with Crippen molar-refractivity contribution in [2.45, 2.75) is 50.3 Å². The van der Waals surface area contributed by atoms with Gasteiger partial charge < -0.3 is 14.6 Å². The minimum Gasteiger partial charge on any atom is -0.451 e. The van der Waals surface area contributed by atoms with Crippen LogP contribution in [0.2, 0.25) is 0 Å². The minimum atomic E-state index is -0.355. The lowest BCUT2D eigenvalue weighted by atomic mass is 10.1. The molecule has 0 radical (unpaired) electrons. The van der Waals surface area contributed by atoms with Crippen LogP contribution in [0, 0.1) is 6.92 Å². The second kappa shape index (κ2) is 9.22. The molecule has 0 atom stereocenters. The molecule has 0 aliphatic carbocycles. The molecule has 0 aliphatic heterocycles. The summed E-state index contributed by atoms with van der Waals surface area (Å²) in [6, 6.07) is 7.63. The number of aryl methyl sites for hydroxylation is 1. The van der Waals surface area contributed by atoms with Crippen LogP contribution < -0.4 is 5.32 Å². The topological polar surface area (TPSA) is 75.4 Å². The molecule has 160 valence electrons. The Kier molecular flexibility index (Phi) is 6.88. The van der Waals surface area contributed by atoms with E-state index in [9.17, 15) is 9.59 Å².